The maximum absolute atomic E-state index is 13.7. The van der Waals surface area contributed by atoms with Crippen LogP contribution in [0, 0.1) is 0 Å². The van der Waals surface area contributed by atoms with Crippen molar-refractivity contribution >= 4 is 28.4 Å². The maximum Gasteiger partial charge on any atom is 0.267 e. The number of anilines is 1. The lowest BCUT2D eigenvalue weighted by molar-refractivity contribution is -0.102. The largest absolute Gasteiger partial charge is 0.377 e. The smallest absolute Gasteiger partial charge is 0.267 e. The first kappa shape index (κ1) is 20.0. The maximum atomic E-state index is 13.7. The second-order valence-electron chi connectivity index (χ2n) is 8.41. The number of pyridine rings is 1. The molecule has 170 valence electrons. The Balaban J connectivity index is 1.46. The molecule has 1 aliphatic heterocycles. The van der Waals surface area contributed by atoms with Gasteiger partial charge in [0.1, 0.15) is 17.0 Å². The average Bonchev–Trinajstić information content (AvgIpc) is 3.37. The van der Waals surface area contributed by atoms with Crippen LogP contribution in [0.25, 0.3) is 27.9 Å². The van der Waals surface area contributed by atoms with E-state index in [1.165, 1.54) is 10.7 Å². The first-order valence-corrected chi connectivity index (χ1v) is 10.7. The third-order valence-corrected chi connectivity index (χ3v) is 6.43. The minimum Gasteiger partial charge on any atom is -0.377 e. The van der Waals surface area contributed by atoms with Gasteiger partial charge in [0, 0.05) is 42.9 Å². The van der Waals surface area contributed by atoms with E-state index in [2.05, 4.69) is 25.3 Å². The van der Waals surface area contributed by atoms with Gasteiger partial charge in [0.25, 0.3) is 11.8 Å². The summed E-state index contributed by atoms with van der Waals surface area (Å²) in [6, 6.07) is 4.71. The summed E-state index contributed by atoms with van der Waals surface area (Å²) in [7, 11) is 1.74. The van der Waals surface area contributed by atoms with Crippen LogP contribution < -0.4 is 10.6 Å². The highest BCUT2D eigenvalue weighted by Gasteiger charge is 2.49. The summed E-state index contributed by atoms with van der Waals surface area (Å²) in [5.74, 6) is -2.88. The Kier molecular flexibility index (Phi) is 4.37. The average molecular weight is 453 g/mol. The molecular weight excluding hydrogens is 432 g/mol. The van der Waals surface area contributed by atoms with E-state index >= 15 is 0 Å². The number of halogens is 2. The number of hydrogen-bond acceptors (Lipinski definition) is 6. The van der Waals surface area contributed by atoms with Gasteiger partial charge in [-0.25, -0.2) is 18.7 Å². The lowest BCUT2D eigenvalue weighted by atomic mass is 9.88. The van der Waals surface area contributed by atoms with Crippen LogP contribution in [-0.4, -0.2) is 62.3 Å². The SMILES string of the molecule is CNc1cc(-c2cn(C3COC3)c3ncccc23)nc2c(C(=O)N[C@@H]3CCC3(F)F)cnn12. The van der Waals surface area contributed by atoms with Gasteiger partial charge in [-0.1, -0.05) is 0 Å². The van der Waals surface area contributed by atoms with Crippen LogP contribution in [0.5, 0.6) is 0 Å². The lowest BCUT2D eigenvalue weighted by Crippen LogP contribution is -2.55. The number of fused-ring (bicyclic) bond motifs is 2. The van der Waals surface area contributed by atoms with Crippen molar-refractivity contribution in [2.24, 2.45) is 0 Å². The third-order valence-electron chi connectivity index (χ3n) is 6.43. The summed E-state index contributed by atoms with van der Waals surface area (Å²) >= 11 is 0. The van der Waals surface area contributed by atoms with E-state index in [1.54, 1.807) is 13.2 Å². The number of nitrogens with zero attached hydrogens (tertiary/aromatic N) is 5. The molecule has 2 aliphatic rings. The first-order valence-electron chi connectivity index (χ1n) is 10.7. The standard InChI is InChI=1S/C22H21F2N7O2/c1-25-18-7-16(15-9-30(12-10-33-11-12)19-13(15)3-2-6-26-19)28-20-14(8-27-31(18)20)21(32)29-17-4-5-22(17,23)24/h2-3,6-9,12,17,25H,4-5,10-11H2,1H3,(H,29,32)/t17-/m1/s1. The van der Waals surface area contributed by atoms with E-state index in [9.17, 15) is 13.6 Å². The predicted octanol–water partition coefficient (Wildman–Crippen LogP) is 2.89. The van der Waals surface area contributed by atoms with Crippen molar-refractivity contribution < 1.29 is 18.3 Å². The number of carbonyl (C=O) groups excluding carboxylic acids is 1. The second-order valence-corrected chi connectivity index (χ2v) is 8.41. The van der Waals surface area contributed by atoms with Crippen molar-refractivity contribution in [3.8, 4) is 11.3 Å². The molecule has 5 heterocycles. The molecule has 1 aliphatic carbocycles. The fraction of sp³-hybridized carbons (Fsp3) is 0.364. The third kappa shape index (κ3) is 3.06. The number of amides is 1. The Bertz CT molecular complexity index is 1390. The number of alkyl halides is 2. The Morgan fingerprint density at radius 1 is 1.30 bits per heavy atom. The molecule has 4 aromatic heterocycles. The van der Waals surface area contributed by atoms with Crippen molar-refractivity contribution in [1.82, 2.24) is 29.5 Å². The van der Waals surface area contributed by atoms with Crippen LogP contribution in [0.15, 0.2) is 36.8 Å². The quantitative estimate of drug-likeness (QED) is 0.482. The van der Waals surface area contributed by atoms with Crippen LogP contribution in [0.3, 0.4) is 0 Å². The van der Waals surface area contributed by atoms with Gasteiger partial charge in [0.2, 0.25) is 0 Å². The van der Waals surface area contributed by atoms with Crippen LogP contribution in [-0.2, 0) is 4.74 Å². The molecule has 1 saturated heterocycles. The van der Waals surface area contributed by atoms with Gasteiger partial charge in [0.15, 0.2) is 5.65 Å². The number of carbonyl (C=O) groups is 1. The van der Waals surface area contributed by atoms with Gasteiger partial charge in [0.05, 0.1) is 37.2 Å². The topological polar surface area (TPSA) is 98.4 Å². The Morgan fingerprint density at radius 2 is 2.15 bits per heavy atom. The lowest BCUT2D eigenvalue weighted by Gasteiger charge is -2.36. The molecule has 9 nitrogen and oxygen atoms in total. The van der Waals surface area contributed by atoms with Gasteiger partial charge in [-0.2, -0.15) is 9.61 Å². The molecule has 4 aromatic rings. The van der Waals surface area contributed by atoms with E-state index in [0.29, 0.717) is 24.7 Å². The predicted molar refractivity (Wildman–Crippen MR) is 117 cm³/mol. The zero-order chi connectivity index (χ0) is 22.7. The summed E-state index contributed by atoms with van der Waals surface area (Å²) in [6.07, 6.45) is 5.12. The fourth-order valence-corrected chi connectivity index (χ4v) is 4.31. The minimum atomic E-state index is -2.88. The molecule has 1 saturated carbocycles. The molecule has 6 rings (SSSR count). The monoisotopic (exact) mass is 453 g/mol. The number of aromatic nitrogens is 5. The van der Waals surface area contributed by atoms with Gasteiger partial charge in [-0.15, -0.1) is 0 Å². The van der Waals surface area contributed by atoms with E-state index in [0.717, 1.165) is 16.6 Å². The van der Waals surface area contributed by atoms with Gasteiger partial charge in [-0.05, 0) is 18.6 Å². The molecule has 0 radical (unpaired) electrons. The molecule has 11 heteroatoms. The number of rotatable bonds is 5. The van der Waals surface area contributed by atoms with Gasteiger partial charge in [-0.3, -0.25) is 4.79 Å². The zero-order valence-corrected chi connectivity index (χ0v) is 17.8. The molecule has 2 N–H and O–H groups in total. The first-order chi connectivity index (χ1) is 16.0. The summed E-state index contributed by atoms with van der Waals surface area (Å²) in [5, 5.41) is 10.7. The van der Waals surface area contributed by atoms with Gasteiger partial charge >= 0.3 is 0 Å². The number of hydrogen-bond donors (Lipinski definition) is 2. The van der Waals surface area contributed by atoms with Crippen molar-refractivity contribution in [1.29, 1.82) is 0 Å². The molecule has 0 aromatic carbocycles. The van der Waals surface area contributed by atoms with E-state index < -0.39 is 17.9 Å². The summed E-state index contributed by atoms with van der Waals surface area (Å²) in [5.41, 5.74) is 2.72. The summed E-state index contributed by atoms with van der Waals surface area (Å²) < 4.78 is 36.3. The van der Waals surface area contributed by atoms with Crippen LogP contribution in [0.2, 0.25) is 0 Å². The Labute approximate surface area is 186 Å². The van der Waals surface area contributed by atoms with Crippen LogP contribution >= 0.6 is 0 Å². The molecule has 0 spiro atoms. The van der Waals surface area contributed by atoms with E-state index in [4.69, 9.17) is 9.72 Å². The van der Waals surface area contributed by atoms with Crippen molar-refractivity contribution in [2.75, 3.05) is 25.6 Å². The minimum absolute atomic E-state index is 0.144. The fourth-order valence-electron chi connectivity index (χ4n) is 4.31. The Hall–Kier alpha value is -3.60. The molecule has 2 fully saturated rings. The Morgan fingerprint density at radius 3 is 2.82 bits per heavy atom. The number of nitrogens with one attached hydrogen (secondary N) is 2. The van der Waals surface area contributed by atoms with Crippen molar-refractivity contribution in [3.63, 3.8) is 0 Å². The molecule has 33 heavy (non-hydrogen) atoms. The van der Waals surface area contributed by atoms with Crippen molar-refractivity contribution in [2.45, 2.75) is 30.8 Å². The number of ether oxygens (including phenoxy) is 1. The van der Waals surface area contributed by atoms with Crippen LogP contribution in [0.1, 0.15) is 29.2 Å². The summed E-state index contributed by atoms with van der Waals surface area (Å²) in [4.78, 5) is 22.1. The highest BCUT2D eigenvalue weighted by Crippen LogP contribution is 2.38. The molecule has 0 unspecified atom stereocenters. The van der Waals surface area contributed by atoms with E-state index in [1.807, 2.05) is 24.4 Å². The second kappa shape index (κ2) is 7.20. The highest BCUT2D eigenvalue weighted by atomic mass is 19.3. The molecule has 1 atom stereocenters. The molecule has 0 bridgehead atoms. The molecular formula is C22H21F2N7O2. The van der Waals surface area contributed by atoms with Crippen LogP contribution in [0.4, 0.5) is 14.6 Å². The summed E-state index contributed by atoms with van der Waals surface area (Å²) in [6.45, 7) is 1.24. The molecule has 1 amide bonds. The van der Waals surface area contributed by atoms with Crippen molar-refractivity contribution in [3.05, 3.63) is 42.4 Å². The zero-order valence-electron chi connectivity index (χ0n) is 17.8. The highest BCUT2D eigenvalue weighted by molar-refractivity contribution is 6.01. The van der Waals surface area contributed by atoms with Gasteiger partial charge < -0.3 is 19.9 Å². The normalized spacial score (nSPS) is 19.9. The van der Waals surface area contributed by atoms with E-state index in [-0.39, 0.29) is 30.1 Å².